The van der Waals surface area contributed by atoms with Gasteiger partial charge in [0, 0.05) is 37.3 Å². The Hall–Kier alpha value is -2.52. The van der Waals surface area contributed by atoms with Crippen LogP contribution in [0.5, 0.6) is 5.75 Å². The lowest BCUT2D eigenvalue weighted by molar-refractivity contribution is 0.313. The number of anilines is 2. The maximum absolute atomic E-state index is 10.2. The molecule has 1 aliphatic rings. The molecule has 0 saturated carbocycles. The van der Waals surface area contributed by atoms with Crippen LogP contribution in [0.15, 0.2) is 18.2 Å². The van der Waals surface area contributed by atoms with Crippen LogP contribution < -0.4 is 10.6 Å². The van der Waals surface area contributed by atoms with Gasteiger partial charge in [-0.1, -0.05) is 0 Å². The summed E-state index contributed by atoms with van der Waals surface area (Å²) in [5, 5.41) is 19.9. The standard InChI is InChI=1S/C15H17N5O/c1-19-4-6-20(7-5-19)10-2-3-13-11(8-10)14(21)12(9-16)15(17)18-13/h2-3,8H,4-7H2,1H3,(H3,17,18,21). The number of hydrogen-bond donors (Lipinski definition) is 2. The maximum atomic E-state index is 10.2. The van der Waals surface area contributed by atoms with Crippen LogP contribution in [0.2, 0.25) is 0 Å². The Balaban J connectivity index is 2.05. The van der Waals surface area contributed by atoms with Gasteiger partial charge in [-0.15, -0.1) is 0 Å². The number of nitrogens with zero attached hydrogens (tertiary/aromatic N) is 4. The molecule has 0 unspecified atom stereocenters. The van der Waals surface area contributed by atoms with Crippen LogP contribution in [0.25, 0.3) is 10.9 Å². The number of aromatic hydroxyl groups is 1. The number of benzene rings is 1. The molecule has 6 heteroatoms. The summed E-state index contributed by atoms with van der Waals surface area (Å²) in [5.41, 5.74) is 7.35. The number of pyridine rings is 1. The predicted molar refractivity (Wildman–Crippen MR) is 82.2 cm³/mol. The number of fused-ring (bicyclic) bond motifs is 1. The molecule has 6 nitrogen and oxygen atoms in total. The van der Waals surface area contributed by atoms with Crippen molar-refractivity contribution in [3.8, 4) is 11.8 Å². The number of nitrogens with two attached hydrogens (primary N) is 1. The third-order valence-corrected chi connectivity index (χ3v) is 3.95. The van der Waals surface area contributed by atoms with Crippen LogP contribution in [0, 0.1) is 11.3 Å². The molecule has 1 aromatic carbocycles. The normalized spacial score (nSPS) is 16.1. The molecule has 0 aliphatic carbocycles. The number of hydrogen-bond acceptors (Lipinski definition) is 6. The Kier molecular flexibility index (Phi) is 3.28. The molecule has 1 aliphatic heterocycles. The Labute approximate surface area is 123 Å². The fourth-order valence-electron chi connectivity index (χ4n) is 2.62. The number of likely N-dealkylation sites (N-methyl/N-ethyl adjacent to an activating group) is 1. The summed E-state index contributed by atoms with van der Waals surface area (Å²) >= 11 is 0. The molecule has 2 heterocycles. The molecule has 1 aromatic heterocycles. The summed E-state index contributed by atoms with van der Waals surface area (Å²) in [7, 11) is 2.11. The molecule has 3 N–H and O–H groups in total. The molecule has 0 bridgehead atoms. The maximum Gasteiger partial charge on any atom is 0.146 e. The zero-order valence-corrected chi connectivity index (χ0v) is 11.9. The second-order valence-corrected chi connectivity index (χ2v) is 5.32. The molecule has 2 aromatic rings. The van der Waals surface area contributed by atoms with Crippen LogP contribution >= 0.6 is 0 Å². The third kappa shape index (κ3) is 2.32. The minimum absolute atomic E-state index is 0.0398. The molecule has 0 amide bonds. The van der Waals surface area contributed by atoms with Crippen molar-refractivity contribution >= 4 is 22.4 Å². The van der Waals surface area contributed by atoms with Crippen molar-refractivity contribution in [3.05, 3.63) is 23.8 Å². The fraction of sp³-hybridized carbons (Fsp3) is 0.333. The van der Waals surface area contributed by atoms with Gasteiger partial charge < -0.3 is 20.6 Å². The highest BCUT2D eigenvalue weighted by Crippen LogP contribution is 2.33. The van der Waals surface area contributed by atoms with Crippen molar-refractivity contribution in [3.63, 3.8) is 0 Å². The van der Waals surface area contributed by atoms with E-state index in [1.54, 1.807) is 0 Å². The van der Waals surface area contributed by atoms with E-state index in [1.165, 1.54) is 0 Å². The van der Waals surface area contributed by atoms with E-state index in [0.29, 0.717) is 10.9 Å². The van der Waals surface area contributed by atoms with Gasteiger partial charge in [-0.05, 0) is 25.2 Å². The van der Waals surface area contributed by atoms with E-state index in [0.717, 1.165) is 31.9 Å². The summed E-state index contributed by atoms with van der Waals surface area (Å²) in [6, 6.07) is 7.59. The van der Waals surface area contributed by atoms with Crippen molar-refractivity contribution in [1.82, 2.24) is 9.88 Å². The zero-order chi connectivity index (χ0) is 15.0. The summed E-state index contributed by atoms with van der Waals surface area (Å²) in [6.07, 6.45) is 0. The lowest BCUT2D eigenvalue weighted by Gasteiger charge is -2.34. The number of aromatic nitrogens is 1. The van der Waals surface area contributed by atoms with Gasteiger partial charge in [-0.3, -0.25) is 0 Å². The first-order valence-electron chi connectivity index (χ1n) is 6.86. The van der Waals surface area contributed by atoms with Gasteiger partial charge in [-0.25, -0.2) is 4.98 Å². The average Bonchev–Trinajstić information content (AvgIpc) is 2.48. The first kappa shape index (κ1) is 13.5. The van der Waals surface area contributed by atoms with Crippen molar-refractivity contribution in [2.45, 2.75) is 0 Å². The van der Waals surface area contributed by atoms with Gasteiger partial charge >= 0.3 is 0 Å². The van der Waals surface area contributed by atoms with Crippen LogP contribution in [0.4, 0.5) is 11.5 Å². The lowest BCUT2D eigenvalue weighted by atomic mass is 10.1. The van der Waals surface area contributed by atoms with E-state index in [1.807, 2.05) is 24.3 Å². The quantitative estimate of drug-likeness (QED) is 0.816. The molecule has 108 valence electrons. The van der Waals surface area contributed by atoms with Crippen LogP contribution in [0.3, 0.4) is 0 Å². The summed E-state index contributed by atoms with van der Waals surface area (Å²) in [6.45, 7) is 3.90. The monoisotopic (exact) mass is 283 g/mol. The molecule has 0 radical (unpaired) electrons. The van der Waals surface area contributed by atoms with Crippen molar-refractivity contribution in [2.24, 2.45) is 0 Å². The van der Waals surface area contributed by atoms with Gasteiger partial charge in [0.2, 0.25) is 0 Å². The molecule has 21 heavy (non-hydrogen) atoms. The summed E-state index contributed by atoms with van der Waals surface area (Å²) in [5.74, 6) is -0.0224. The fourth-order valence-corrected chi connectivity index (χ4v) is 2.62. The first-order valence-corrected chi connectivity index (χ1v) is 6.86. The second kappa shape index (κ2) is 5.11. The summed E-state index contributed by atoms with van der Waals surface area (Å²) in [4.78, 5) is 8.72. The van der Waals surface area contributed by atoms with Crippen LogP contribution in [-0.2, 0) is 0 Å². The Bertz CT molecular complexity index is 729. The predicted octanol–water partition coefficient (Wildman–Crippen LogP) is 1.15. The first-order chi connectivity index (χ1) is 10.1. The Morgan fingerprint density at radius 3 is 2.67 bits per heavy atom. The molecule has 1 saturated heterocycles. The van der Waals surface area contributed by atoms with E-state index in [9.17, 15) is 5.11 Å². The van der Waals surface area contributed by atoms with Gasteiger partial charge in [0.25, 0.3) is 0 Å². The largest absolute Gasteiger partial charge is 0.506 e. The molecule has 1 fully saturated rings. The third-order valence-electron chi connectivity index (χ3n) is 3.95. The minimum atomic E-state index is -0.0871. The average molecular weight is 283 g/mol. The number of nitrogen functional groups attached to an aromatic ring is 1. The van der Waals surface area contributed by atoms with Crippen molar-refractivity contribution in [2.75, 3.05) is 43.9 Å². The van der Waals surface area contributed by atoms with Crippen LogP contribution in [0.1, 0.15) is 5.56 Å². The zero-order valence-electron chi connectivity index (χ0n) is 11.9. The SMILES string of the molecule is CN1CCN(c2ccc3nc(N)c(C#N)c(O)c3c2)CC1. The second-order valence-electron chi connectivity index (χ2n) is 5.32. The van der Waals surface area contributed by atoms with Crippen molar-refractivity contribution < 1.29 is 5.11 Å². The van der Waals surface area contributed by atoms with Crippen molar-refractivity contribution in [1.29, 1.82) is 5.26 Å². The van der Waals surface area contributed by atoms with E-state index < -0.39 is 0 Å². The number of rotatable bonds is 1. The highest BCUT2D eigenvalue weighted by atomic mass is 16.3. The Morgan fingerprint density at radius 1 is 1.29 bits per heavy atom. The molecule has 0 atom stereocenters. The van der Waals surface area contributed by atoms with E-state index >= 15 is 0 Å². The molecule has 0 spiro atoms. The minimum Gasteiger partial charge on any atom is -0.506 e. The van der Waals surface area contributed by atoms with Gasteiger partial charge in [0.1, 0.15) is 23.2 Å². The topological polar surface area (TPSA) is 89.4 Å². The van der Waals surface area contributed by atoms with Gasteiger partial charge in [-0.2, -0.15) is 5.26 Å². The molecular formula is C15H17N5O. The number of nitriles is 1. The van der Waals surface area contributed by atoms with E-state index in [2.05, 4.69) is 21.8 Å². The molecule has 3 rings (SSSR count). The molecular weight excluding hydrogens is 266 g/mol. The smallest absolute Gasteiger partial charge is 0.146 e. The summed E-state index contributed by atoms with van der Waals surface area (Å²) < 4.78 is 0. The Morgan fingerprint density at radius 2 is 2.00 bits per heavy atom. The number of piperazine rings is 1. The van der Waals surface area contributed by atoms with Crippen LogP contribution in [-0.4, -0.2) is 48.2 Å². The van der Waals surface area contributed by atoms with Gasteiger partial charge in [0.15, 0.2) is 0 Å². The highest BCUT2D eigenvalue weighted by Gasteiger charge is 2.17. The van der Waals surface area contributed by atoms with E-state index in [4.69, 9.17) is 11.0 Å². The highest BCUT2D eigenvalue weighted by molar-refractivity contribution is 5.92. The van der Waals surface area contributed by atoms with Gasteiger partial charge in [0.05, 0.1) is 5.52 Å². The van der Waals surface area contributed by atoms with E-state index in [-0.39, 0.29) is 17.1 Å². The lowest BCUT2D eigenvalue weighted by Crippen LogP contribution is -2.44.